The Balaban J connectivity index is 0.00000306. The predicted molar refractivity (Wildman–Crippen MR) is 139 cm³/mol. The first kappa shape index (κ1) is 24.9. The molecule has 4 rings (SSSR count). The van der Waals surface area contributed by atoms with Crippen LogP contribution in [0.15, 0.2) is 42.9 Å². The molecule has 2 N–H and O–H groups in total. The van der Waals surface area contributed by atoms with Crippen molar-refractivity contribution in [1.82, 2.24) is 35.3 Å². The Hall–Kier alpha value is -2.75. The van der Waals surface area contributed by atoms with Gasteiger partial charge in [0.05, 0.1) is 6.20 Å². The smallest absolute Gasteiger partial charge is 0.166 e. The molecule has 0 unspecified atom stereocenters. The third-order valence-corrected chi connectivity index (χ3v) is 6.34. The van der Waals surface area contributed by atoms with Crippen molar-refractivity contribution in [2.45, 2.75) is 20.0 Å². The van der Waals surface area contributed by atoms with E-state index in [0.29, 0.717) is 11.7 Å². The fourth-order valence-corrected chi connectivity index (χ4v) is 3.95. The van der Waals surface area contributed by atoms with Crippen LogP contribution in [-0.2, 0) is 20.1 Å². The van der Waals surface area contributed by atoms with E-state index in [0.717, 1.165) is 55.4 Å². The maximum Gasteiger partial charge on any atom is 0.166 e. The summed E-state index contributed by atoms with van der Waals surface area (Å²) in [5, 5.41) is 11.1. The highest BCUT2D eigenvalue weighted by atomic mass is 35.5. The largest absolute Gasteiger partial charge is 0.366 e. The third-order valence-electron chi connectivity index (χ3n) is 5.99. The van der Waals surface area contributed by atoms with Gasteiger partial charge in [0.25, 0.3) is 0 Å². The second-order valence-electron chi connectivity index (χ2n) is 8.00. The average Bonchev–Trinajstić information content (AvgIpc) is 3.15. The lowest BCUT2D eigenvalue weighted by atomic mass is 10.1. The molecule has 3 aromatic rings. The Labute approximate surface area is 206 Å². The van der Waals surface area contributed by atoms with Crippen molar-refractivity contribution in [1.29, 1.82) is 0 Å². The minimum absolute atomic E-state index is 0. The van der Waals surface area contributed by atoms with Crippen LogP contribution in [0.4, 0.5) is 5.82 Å². The summed E-state index contributed by atoms with van der Waals surface area (Å²) in [6, 6.07) is 8.42. The molecule has 2 aromatic heterocycles. The number of halogens is 1. The van der Waals surface area contributed by atoms with E-state index in [2.05, 4.69) is 61.7 Å². The Bertz CT molecular complexity index is 1060. The van der Waals surface area contributed by atoms with Gasteiger partial charge in [-0.25, -0.2) is 4.98 Å². The van der Waals surface area contributed by atoms with Crippen molar-refractivity contribution >= 4 is 35.6 Å². The number of anilines is 1. The van der Waals surface area contributed by atoms with Crippen molar-refractivity contribution in [2.75, 3.05) is 38.1 Å². The highest BCUT2D eigenvalue weighted by molar-refractivity contribution is 7.80. The summed E-state index contributed by atoms with van der Waals surface area (Å²) < 4.78 is 1.94. The van der Waals surface area contributed by atoms with E-state index < -0.39 is 0 Å². The van der Waals surface area contributed by atoms with Gasteiger partial charge in [-0.1, -0.05) is 24.3 Å². The maximum absolute atomic E-state index is 5.14. The van der Waals surface area contributed by atoms with Crippen LogP contribution < -0.4 is 15.5 Å². The van der Waals surface area contributed by atoms with Gasteiger partial charge in [-0.3, -0.25) is 14.6 Å². The van der Waals surface area contributed by atoms with E-state index in [1.165, 1.54) is 11.3 Å². The van der Waals surface area contributed by atoms with Gasteiger partial charge in [-0.2, -0.15) is 5.10 Å². The lowest BCUT2D eigenvalue weighted by molar-refractivity contribution is 0.249. The lowest BCUT2D eigenvalue weighted by Gasteiger charge is -2.35. The third kappa shape index (κ3) is 5.98. The first-order valence-corrected chi connectivity index (χ1v) is 11.3. The van der Waals surface area contributed by atoms with Crippen molar-refractivity contribution in [3.05, 3.63) is 59.7 Å². The van der Waals surface area contributed by atoms with Gasteiger partial charge < -0.3 is 15.5 Å². The van der Waals surface area contributed by atoms with Crippen LogP contribution >= 0.6 is 24.6 Å². The van der Waals surface area contributed by atoms with Gasteiger partial charge in [-0.05, 0) is 24.7 Å². The molecule has 3 heterocycles. The van der Waals surface area contributed by atoms with E-state index in [1.54, 1.807) is 12.4 Å². The molecule has 1 saturated heterocycles. The van der Waals surface area contributed by atoms with Gasteiger partial charge in [0.15, 0.2) is 10.9 Å². The monoisotopic (exact) mass is 486 g/mol. The number of hydrogen-bond acceptors (Lipinski definition) is 6. The number of thiocarbonyl (C=S) groups is 1. The summed E-state index contributed by atoms with van der Waals surface area (Å²) in [7, 11) is 3.81. The molecule has 0 aliphatic carbocycles. The molecule has 0 bridgehead atoms. The zero-order valence-corrected chi connectivity index (χ0v) is 20.9. The molecule has 1 aliphatic heterocycles. The zero-order valence-electron chi connectivity index (χ0n) is 19.3. The van der Waals surface area contributed by atoms with Crippen LogP contribution in [0, 0.1) is 6.92 Å². The summed E-state index contributed by atoms with van der Waals surface area (Å²) in [6.45, 7) is 7.57. The van der Waals surface area contributed by atoms with Gasteiger partial charge in [0.2, 0.25) is 0 Å². The van der Waals surface area contributed by atoms with Gasteiger partial charge >= 0.3 is 0 Å². The molecule has 10 heteroatoms. The number of nitrogens with one attached hydrogen (secondary N) is 2. The predicted octanol–water partition coefficient (Wildman–Crippen LogP) is 2.52. The second kappa shape index (κ2) is 11.4. The fraction of sp³-hybridized carbons (Fsp3) is 0.391. The minimum atomic E-state index is 0. The number of hydrogen-bond donors (Lipinski definition) is 2. The molecule has 176 valence electrons. The molecular weight excluding hydrogens is 456 g/mol. The van der Waals surface area contributed by atoms with Crippen LogP contribution in [0.5, 0.6) is 0 Å². The average molecular weight is 487 g/mol. The maximum atomic E-state index is 5.14. The summed E-state index contributed by atoms with van der Waals surface area (Å²) >= 11 is 5.14. The van der Waals surface area contributed by atoms with Crippen molar-refractivity contribution in [3.63, 3.8) is 0 Å². The number of aromatic nitrogens is 4. The highest BCUT2D eigenvalue weighted by Crippen LogP contribution is 2.28. The lowest BCUT2D eigenvalue weighted by Crippen LogP contribution is -2.46. The van der Waals surface area contributed by atoms with Gasteiger partial charge in [0.1, 0.15) is 5.69 Å². The molecule has 1 fully saturated rings. The Morgan fingerprint density at radius 2 is 1.76 bits per heavy atom. The molecule has 0 spiro atoms. The molecule has 0 amide bonds. The highest BCUT2D eigenvalue weighted by Gasteiger charge is 2.22. The normalized spacial score (nSPS) is 14.0. The number of piperazine rings is 1. The molecule has 8 nitrogen and oxygen atoms in total. The number of aryl methyl sites for hydroxylation is 1. The van der Waals surface area contributed by atoms with E-state index in [-0.39, 0.29) is 12.4 Å². The molecule has 1 aromatic carbocycles. The van der Waals surface area contributed by atoms with Gasteiger partial charge in [-0.15, -0.1) is 12.4 Å². The van der Waals surface area contributed by atoms with E-state index in [1.807, 2.05) is 25.0 Å². The van der Waals surface area contributed by atoms with E-state index in [9.17, 15) is 0 Å². The summed E-state index contributed by atoms with van der Waals surface area (Å²) in [5.41, 5.74) is 5.69. The van der Waals surface area contributed by atoms with Crippen molar-refractivity contribution in [3.8, 4) is 11.3 Å². The molecule has 0 radical (unpaired) electrons. The van der Waals surface area contributed by atoms with Crippen LogP contribution in [0.1, 0.15) is 16.8 Å². The summed E-state index contributed by atoms with van der Waals surface area (Å²) in [6.07, 6.45) is 5.52. The molecule has 33 heavy (non-hydrogen) atoms. The van der Waals surface area contributed by atoms with Gasteiger partial charge in [0, 0.05) is 82.6 Å². The number of nitrogens with zero attached hydrogens (tertiary/aromatic N) is 6. The Morgan fingerprint density at radius 3 is 2.39 bits per heavy atom. The number of rotatable bonds is 6. The van der Waals surface area contributed by atoms with Crippen molar-refractivity contribution in [2.24, 2.45) is 7.05 Å². The first-order valence-electron chi connectivity index (χ1n) is 10.9. The first-order chi connectivity index (χ1) is 15.5. The number of benzene rings is 1. The molecule has 1 aliphatic rings. The van der Waals surface area contributed by atoms with Crippen LogP contribution in [0.2, 0.25) is 0 Å². The summed E-state index contributed by atoms with van der Waals surface area (Å²) in [5.74, 6) is 0.951. The standard InChI is InChI=1S/C23H30N8S.ClH/c1-17-20(15-28-29(17)3)16-30-10-12-31(13-11-30)22-21(25-8-9-26-22)19-6-4-18(5-7-19)14-27-23(32)24-2;/h4-9,15H,10-14,16H2,1-3H3,(H2,24,27,32);1H. The van der Waals surface area contributed by atoms with Crippen LogP contribution in [-0.4, -0.2) is 63.0 Å². The van der Waals surface area contributed by atoms with Crippen molar-refractivity contribution < 1.29 is 0 Å². The molecule has 0 saturated carbocycles. The molecular formula is C23H31ClN8S. The zero-order chi connectivity index (χ0) is 22.5. The topological polar surface area (TPSA) is 74.1 Å². The summed E-state index contributed by atoms with van der Waals surface area (Å²) in [4.78, 5) is 14.2. The minimum Gasteiger partial charge on any atom is -0.366 e. The van der Waals surface area contributed by atoms with Crippen LogP contribution in [0.25, 0.3) is 11.3 Å². The Morgan fingerprint density at radius 1 is 1.06 bits per heavy atom. The van der Waals surface area contributed by atoms with E-state index >= 15 is 0 Å². The van der Waals surface area contributed by atoms with E-state index in [4.69, 9.17) is 17.2 Å². The fourth-order valence-electron chi connectivity index (χ4n) is 3.88. The molecule has 0 atom stereocenters. The Kier molecular flexibility index (Phi) is 8.60. The SMILES string of the molecule is CNC(=S)NCc1ccc(-c2nccnc2N2CCN(Cc3cnn(C)c3C)CC2)cc1.Cl. The van der Waals surface area contributed by atoms with Crippen LogP contribution in [0.3, 0.4) is 0 Å². The quantitative estimate of drug-likeness (QED) is 0.515. The second-order valence-corrected chi connectivity index (χ2v) is 8.41.